The van der Waals surface area contributed by atoms with Crippen molar-refractivity contribution in [3.05, 3.63) is 64.4 Å². The van der Waals surface area contributed by atoms with Crippen LogP contribution in [-0.4, -0.2) is 11.1 Å². The van der Waals surface area contributed by atoms with Crippen LogP contribution in [0.3, 0.4) is 0 Å². The third kappa shape index (κ3) is 3.72. The summed E-state index contributed by atoms with van der Waals surface area (Å²) in [4.78, 5) is 11.7. The number of hydrogen-bond donors (Lipinski definition) is 1. The quantitative estimate of drug-likeness (QED) is 0.846. The molecule has 0 bridgehead atoms. The fourth-order valence-electron chi connectivity index (χ4n) is 1.55. The van der Waals surface area contributed by atoms with Crippen molar-refractivity contribution in [1.82, 2.24) is 0 Å². The highest BCUT2D eigenvalue weighted by Gasteiger charge is 2.10. The summed E-state index contributed by atoms with van der Waals surface area (Å²) in [6.45, 7) is 0. The zero-order valence-electron chi connectivity index (χ0n) is 9.77. The molecule has 0 radical (unpaired) electrons. The van der Waals surface area contributed by atoms with E-state index in [0.717, 1.165) is 10.5 Å². The fourth-order valence-corrected chi connectivity index (χ4v) is 2.70. The molecule has 0 aliphatic carbocycles. The van der Waals surface area contributed by atoms with Crippen LogP contribution in [0.25, 0.3) is 0 Å². The highest BCUT2D eigenvalue weighted by molar-refractivity contribution is 7.98. The molecular formula is C14H10ClFO2S. The third-order valence-corrected chi connectivity index (χ3v) is 3.77. The molecule has 0 atom stereocenters. The SMILES string of the molecule is O=C(O)c1ccc(CSc2cccc(Cl)c2)cc1F. The molecule has 0 aliphatic heterocycles. The Morgan fingerprint density at radius 2 is 2.05 bits per heavy atom. The molecule has 0 aromatic heterocycles. The lowest BCUT2D eigenvalue weighted by atomic mass is 10.1. The first-order valence-electron chi connectivity index (χ1n) is 5.46. The molecule has 0 amide bonds. The predicted octanol–water partition coefficient (Wildman–Crippen LogP) is 4.47. The summed E-state index contributed by atoms with van der Waals surface area (Å²) in [5, 5.41) is 9.39. The minimum Gasteiger partial charge on any atom is -0.478 e. The van der Waals surface area contributed by atoms with Crippen LogP contribution >= 0.6 is 23.4 Å². The first-order chi connectivity index (χ1) is 9.06. The molecule has 0 aliphatic rings. The minimum atomic E-state index is -1.26. The van der Waals surface area contributed by atoms with Gasteiger partial charge in [0.05, 0.1) is 5.56 Å². The van der Waals surface area contributed by atoms with E-state index in [0.29, 0.717) is 10.8 Å². The molecule has 0 saturated carbocycles. The second-order valence-electron chi connectivity index (χ2n) is 3.87. The van der Waals surface area contributed by atoms with Crippen LogP contribution < -0.4 is 0 Å². The van der Waals surface area contributed by atoms with E-state index in [1.54, 1.807) is 12.1 Å². The third-order valence-electron chi connectivity index (χ3n) is 2.47. The summed E-state index contributed by atoms with van der Waals surface area (Å²) in [5.74, 6) is -1.42. The van der Waals surface area contributed by atoms with E-state index in [2.05, 4.69) is 0 Å². The minimum absolute atomic E-state index is 0.309. The number of thioether (sulfide) groups is 1. The molecule has 2 nitrogen and oxygen atoms in total. The van der Waals surface area contributed by atoms with Crippen molar-refractivity contribution >= 4 is 29.3 Å². The average Bonchev–Trinajstić information content (AvgIpc) is 2.36. The maximum atomic E-state index is 13.5. The van der Waals surface area contributed by atoms with E-state index < -0.39 is 11.8 Å². The van der Waals surface area contributed by atoms with Gasteiger partial charge < -0.3 is 5.11 Å². The molecule has 0 saturated heterocycles. The predicted molar refractivity (Wildman–Crippen MR) is 74.4 cm³/mol. The van der Waals surface area contributed by atoms with Gasteiger partial charge in [-0.25, -0.2) is 9.18 Å². The first kappa shape index (κ1) is 13.9. The van der Waals surface area contributed by atoms with Crippen molar-refractivity contribution in [3.8, 4) is 0 Å². The second kappa shape index (κ2) is 6.08. The van der Waals surface area contributed by atoms with E-state index >= 15 is 0 Å². The van der Waals surface area contributed by atoms with Gasteiger partial charge in [0.15, 0.2) is 0 Å². The van der Waals surface area contributed by atoms with Gasteiger partial charge in [0.2, 0.25) is 0 Å². The van der Waals surface area contributed by atoms with Crippen molar-refractivity contribution in [2.45, 2.75) is 10.6 Å². The number of carbonyl (C=O) groups is 1. The molecule has 0 heterocycles. The number of carboxylic acid groups (broad SMARTS) is 1. The Bertz CT molecular complexity index is 616. The van der Waals surface area contributed by atoms with Crippen molar-refractivity contribution in [3.63, 3.8) is 0 Å². The maximum absolute atomic E-state index is 13.5. The largest absolute Gasteiger partial charge is 0.478 e. The molecule has 1 N–H and O–H groups in total. The number of aromatic carboxylic acids is 1. The topological polar surface area (TPSA) is 37.3 Å². The lowest BCUT2D eigenvalue weighted by molar-refractivity contribution is 0.0692. The van der Waals surface area contributed by atoms with Crippen molar-refractivity contribution in [2.75, 3.05) is 0 Å². The number of rotatable bonds is 4. The Hall–Kier alpha value is -1.52. The number of hydrogen-bond acceptors (Lipinski definition) is 2. The molecule has 2 aromatic carbocycles. The van der Waals surface area contributed by atoms with Crippen LogP contribution in [-0.2, 0) is 5.75 Å². The average molecular weight is 297 g/mol. The van der Waals surface area contributed by atoms with Crippen LogP contribution in [0.1, 0.15) is 15.9 Å². The lowest BCUT2D eigenvalue weighted by Crippen LogP contribution is -2.00. The van der Waals surface area contributed by atoms with E-state index in [1.165, 1.54) is 23.9 Å². The molecule has 0 unspecified atom stereocenters. The van der Waals surface area contributed by atoms with Gasteiger partial charge in [0, 0.05) is 15.7 Å². The van der Waals surface area contributed by atoms with Crippen molar-refractivity contribution in [2.24, 2.45) is 0 Å². The Labute approximate surface area is 119 Å². The smallest absolute Gasteiger partial charge is 0.338 e. The standard InChI is InChI=1S/C14H10ClFO2S/c15-10-2-1-3-11(7-10)19-8-9-4-5-12(14(17)18)13(16)6-9/h1-7H,8H2,(H,17,18). The lowest BCUT2D eigenvalue weighted by Gasteiger charge is -2.04. The van der Waals surface area contributed by atoms with Crippen LogP contribution in [0, 0.1) is 5.82 Å². The first-order valence-corrected chi connectivity index (χ1v) is 6.83. The van der Waals surface area contributed by atoms with Gasteiger partial charge in [-0.2, -0.15) is 0 Å². The summed E-state index contributed by atoms with van der Waals surface area (Å²) in [6.07, 6.45) is 0. The Morgan fingerprint density at radius 1 is 1.26 bits per heavy atom. The van der Waals surface area contributed by atoms with Crippen molar-refractivity contribution < 1.29 is 14.3 Å². The van der Waals surface area contributed by atoms with Crippen LogP contribution in [0.5, 0.6) is 0 Å². The molecule has 5 heteroatoms. The van der Waals surface area contributed by atoms with Gasteiger partial charge in [-0.1, -0.05) is 23.7 Å². The van der Waals surface area contributed by atoms with Gasteiger partial charge in [0.25, 0.3) is 0 Å². The fraction of sp³-hybridized carbons (Fsp3) is 0.0714. The maximum Gasteiger partial charge on any atom is 0.338 e. The Balaban J connectivity index is 2.08. The molecule has 98 valence electrons. The van der Waals surface area contributed by atoms with E-state index in [-0.39, 0.29) is 5.56 Å². The monoisotopic (exact) mass is 296 g/mol. The number of benzene rings is 2. The molecule has 19 heavy (non-hydrogen) atoms. The highest BCUT2D eigenvalue weighted by atomic mass is 35.5. The summed E-state index contributed by atoms with van der Waals surface area (Å²) in [5.41, 5.74) is 0.420. The van der Waals surface area contributed by atoms with Gasteiger partial charge in [-0.3, -0.25) is 0 Å². The number of halogens is 2. The number of carboxylic acids is 1. The van der Waals surface area contributed by atoms with Gasteiger partial charge in [0.1, 0.15) is 5.82 Å². The van der Waals surface area contributed by atoms with Crippen LogP contribution in [0.4, 0.5) is 4.39 Å². The molecule has 2 rings (SSSR count). The summed E-state index contributed by atoms with van der Waals surface area (Å²) < 4.78 is 13.5. The van der Waals surface area contributed by atoms with Gasteiger partial charge in [-0.05, 0) is 35.9 Å². The normalized spacial score (nSPS) is 10.4. The van der Waals surface area contributed by atoms with Crippen LogP contribution in [0.2, 0.25) is 5.02 Å². The van der Waals surface area contributed by atoms with E-state index in [4.69, 9.17) is 16.7 Å². The van der Waals surface area contributed by atoms with E-state index in [9.17, 15) is 9.18 Å². The molecular weight excluding hydrogens is 287 g/mol. The van der Waals surface area contributed by atoms with Gasteiger partial charge in [-0.15, -0.1) is 11.8 Å². The zero-order chi connectivity index (χ0) is 13.8. The molecule has 0 fully saturated rings. The second-order valence-corrected chi connectivity index (χ2v) is 5.35. The zero-order valence-corrected chi connectivity index (χ0v) is 11.3. The highest BCUT2D eigenvalue weighted by Crippen LogP contribution is 2.25. The molecule has 0 spiro atoms. The summed E-state index contributed by atoms with van der Waals surface area (Å²) in [6, 6.07) is 11.5. The van der Waals surface area contributed by atoms with Crippen molar-refractivity contribution in [1.29, 1.82) is 0 Å². The Morgan fingerprint density at radius 3 is 2.68 bits per heavy atom. The van der Waals surface area contributed by atoms with Crippen LogP contribution in [0.15, 0.2) is 47.4 Å². The Kier molecular flexibility index (Phi) is 4.45. The molecule has 2 aromatic rings. The van der Waals surface area contributed by atoms with E-state index in [1.807, 2.05) is 18.2 Å². The summed E-state index contributed by atoms with van der Waals surface area (Å²) >= 11 is 7.38. The summed E-state index contributed by atoms with van der Waals surface area (Å²) in [7, 11) is 0. The van der Waals surface area contributed by atoms with Gasteiger partial charge >= 0.3 is 5.97 Å².